The average Bonchev–Trinajstić information content (AvgIpc) is 2.95. The number of aliphatic carboxylic acids is 1. The first kappa shape index (κ1) is 38.9. The SMILES string of the molecule is CCCC/C=C\C/C=C\CCCCCCCC(=O)OC(CCCCCCCC)CCCCCCC(=O)NCC(=O)O. The second-order valence-electron chi connectivity index (χ2n) is 11.4. The van der Waals surface area contributed by atoms with Crippen LogP contribution in [0.4, 0.5) is 0 Å². The number of unbranched alkanes of at least 4 members (excludes halogenated alkanes) is 15. The number of carboxylic acids is 1. The molecule has 0 aliphatic rings. The van der Waals surface area contributed by atoms with E-state index in [2.05, 4.69) is 43.5 Å². The molecule has 0 saturated carbocycles. The van der Waals surface area contributed by atoms with Gasteiger partial charge in [-0.05, 0) is 64.2 Å². The monoisotopic (exact) mass is 577 g/mol. The van der Waals surface area contributed by atoms with Crippen molar-refractivity contribution >= 4 is 17.8 Å². The molecule has 1 amide bonds. The lowest BCUT2D eigenvalue weighted by Gasteiger charge is -2.18. The molecular formula is C35H63NO5. The molecule has 0 saturated heterocycles. The maximum Gasteiger partial charge on any atom is 0.322 e. The molecule has 0 heterocycles. The van der Waals surface area contributed by atoms with E-state index in [1.54, 1.807) is 0 Å². The number of hydrogen-bond acceptors (Lipinski definition) is 4. The largest absolute Gasteiger partial charge is 0.480 e. The maximum atomic E-state index is 12.5. The van der Waals surface area contributed by atoms with Crippen LogP contribution in [0, 0.1) is 0 Å². The zero-order chi connectivity index (χ0) is 30.2. The van der Waals surface area contributed by atoms with E-state index in [0.717, 1.165) is 70.6 Å². The van der Waals surface area contributed by atoms with Crippen LogP contribution < -0.4 is 5.32 Å². The van der Waals surface area contributed by atoms with Crippen molar-refractivity contribution in [3.05, 3.63) is 24.3 Å². The summed E-state index contributed by atoms with van der Waals surface area (Å²) >= 11 is 0. The third kappa shape index (κ3) is 30.7. The summed E-state index contributed by atoms with van der Waals surface area (Å²) in [6.07, 6.45) is 34.3. The predicted octanol–water partition coefficient (Wildman–Crippen LogP) is 9.61. The Kier molecular flexibility index (Phi) is 29.3. The van der Waals surface area contributed by atoms with Gasteiger partial charge in [0.2, 0.25) is 5.91 Å². The molecule has 0 fully saturated rings. The standard InChI is InChI=1S/C35H63NO5/c1-3-5-7-9-11-12-13-14-15-16-17-18-20-26-30-35(40)41-32(27-23-19-10-8-6-4-2)28-24-21-22-25-29-33(37)36-31-34(38)39/h9,11,13-14,32H,3-8,10,12,15-31H2,1-2H3,(H,36,37)(H,38,39)/b11-9-,14-13-. The number of carboxylic acid groups (broad SMARTS) is 1. The summed E-state index contributed by atoms with van der Waals surface area (Å²) in [5, 5.41) is 11.0. The highest BCUT2D eigenvalue weighted by Gasteiger charge is 2.14. The molecule has 0 bridgehead atoms. The summed E-state index contributed by atoms with van der Waals surface area (Å²) in [5.41, 5.74) is 0. The highest BCUT2D eigenvalue weighted by Crippen LogP contribution is 2.18. The van der Waals surface area contributed by atoms with E-state index in [1.807, 2.05) is 0 Å². The zero-order valence-electron chi connectivity index (χ0n) is 26.6. The number of rotatable bonds is 30. The summed E-state index contributed by atoms with van der Waals surface area (Å²) in [7, 11) is 0. The molecule has 238 valence electrons. The van der Waals surface area contributed by atoms with Crippen LogP contribution in [-0.4, -0.2) is 35.6 Å². The Balaban J connectivity index is 4.07. The normalized spacial score (nSPS) is 12.2. The molecule has 0 radical (unpaired) electrons. The topological polar surface area (TPSA) is 92.7 Å². The lowest BCUT2D eigenvalue weighted by molar-refractivity contribution is -0.150. The van der Waals surface area contributed by atoms with E-state index >= 15 is 0 Å². The van der Waals surface area contributed by atoms with Gasteiger partial charge in [0, 0.05) is 12.8 Å². The van der Waals surface area contributed by atoms with Crippen LogP contribution in [0.3, 0.4) is 0 Å². The van der Waals surface area contributed by atoms with Crippen LogP contribution in [-0.2, 0) is 19.1 Å². The first-order valence-corrected chi connectivity index (χ1v) is 17.0. The molecule has 1 atom stereocenters. The number of nitrogens with one attached hydrogen (secondary N) is 1. The van der Waals surface area contributed by atoms with Gasteiger partial charge in [-0.15, -0.1) is 0 Å². The summed E-state index contributed by atoms with van der Waals surface area (Å²) < 4.78 is 5.92. The van der Waals surface area contributed by atoms with Gasteiger partial charge < -0.3 is 15.2 Å². The molecule has 6 nitrogen and oxygen atoms in total. The number of esters is 1. The van der Waals surface area contributed by atoms with E-state index in [4.69, 9.17) is 9.84 Å². The number of allylic oxidation sites excluding steroid dienone is 4. The summed E-state index contributed by atoms with van der Waals surface area (Å²) in [6.45, 7) is 4.13. The highest BCUT2D eigenvalue weighted by molar-refractivity contribution is 5.80. The van der Waals surface area contributed by atoms with Gasteiger partial charge in [-0.25, -0.2) is 0 Å². The minimum atomic E-state index is -1.02. The number of hydrogen-bond donors (Lipinski definition) is 2. The minimum absolute atomic E-state index is 0.000757. The quantitative estimate of drug-likeness (QED) is 0.0504. The fraction of sp³-hybridized carbons (Fsp3) is 0.800. The summed E-state index contributed by atoms with van der Waals surface area (Å²) in [6, 6.07) is 0. The molecule has 0 aliphatic heterocycles. The molecule has 41 heavy (non-hydrogen) atoms. The Morgan fingerprint density at radius 3 is 1.76 bits per heavy atom. The smallest absolute Gasteiger partial charge is 0.322 e. The van der Waals surface area contributed by atoms with Gasteiger partial charge in [0.25, 0.3) is 0 Å². The van der Waals surface area contributed by atoms with Crippen LogP contribution in [0.25, 0.3) is 0 Å². The van der Waals surface area contributed by atoms with Gasteiger partial charge in [0.15, 0.2) is 0 Å². The number of carbonyl (C=O) groups is 3. The lowest BCUT2D eigenvalue weighted by Crippen LogP contribution is -2.28. The molecule has 1 unspecified atom stereocenters. The maximum absolute atomic E-state index is 12.5. The zero-order valence-corrected chi connectivity index (χ0v) is 26.6. The molecule has 0 aromatic rings. The van der Waals surface area contributed by atoms with Gasteiger partial charge in [-0.2, -0.15) is 0 Å². The van der Waals surface area contributed by atoms with Crippen LogP contribution in [0.15, 0.2) is 24.3 Å². The van der Waals surface area contributed by atoms with E-state index in [0.29, 0.717) is 12.8 Å². The number of ether oxygens (including phenoxy) is 1. The van der Waals surface area contributed by atoms with Crippen molar-refractivity contribution in [3.63, 3.8) is 0 Å². The summed E-state index contributed by atoms with van der Waals surface area (Å²) in [4.78, 5) is 34.7. The van der Waals surface area contributed by atoms with Gasteiger partial charge >= 0.3 is 11.9 Å². The first-order chi connectivity index (χ1) is 20.0. The van der Waals surface area contributed by atoms with Gasteiger partial charge in [-0.1, -0.05) is 115 Å². The fourth-order valence-corrected chi connectivity index (χ4v) is 4.82. The third-order valence-electron chi connectivity index (χ3n) is 7.38. The lowest BCUT2D eigenvalue weighted by atomic mass is 10.0. The average molecular weight is 578 g/mol. The second kappa shape index (κ2) is 30.8. The molecular weight excluding hydrogens is 514 g/mol. The van der Waals surface area contributed by atoms with Crippen molar-refractivity contribution in [2.24, 2.45) is 0 Å². The van der Waals surface area contributed by atoms with E-state index in [9.17, 15) is 14.4 Å². The minimum Gasteiger partial charge on any atom is -0.480 e. The van der Waals surface area contributed by atoms with E-state index < -0.39 is 5.97 Å². The Hall–Kier alpha value is -2.11. The Labute approximate surface area is 252 Å². The van der Waals surface area contributed by atoms with Crippen molar-refractivity contribution < 1.29 is 24.2 Å². The second-order valence-corrected chi connectivity index (χ2v) is 11.4. The molecule has 0 aliphatic carbocycles. The molecule has 6 heteroatoms. The Bertz CT molecular complexity index is 688. The van der Waals surface area contributed by atoms with E-state index in [1.165, 1.54) is 70.6 Å². The van der Waals surface area contributed by atoms with Crippen molar-refractivity contribution in [3.8, 4) is 0 Å². The highest BCUT2D eigenvalue weighted by atomic mass is 16.5. The molecule has 0 aromatic heterocycles. The van der Waals surface area contributed by atoms with Crippen molar-refractivity contribution in [2.75, 3.05) is 6.54 Å². The van der Waals surface area contributed by atoms with Crippen LogP contribution in [0.5, 0.6) is 0 Å². The van der Waals surface area contributed by atoms with Crippen LogP contribution in [0.1, 0.15) is 168 Å². The third-order valence-corrected chi connectivity index (χ3v) is 7.38. The van der Waals surface area contributed by atoms with Crippen LogP contribution in [0.2, 0.25) is 0 Å². The Morgan fingerprint density at radius 1 is 0.634 bits per heavy atom. The number of carbonyl (C=O) groups excluding carboxylic acids is 2. The fourth-order valence-electron chi connectivity index (χ4n) is 4.82. The van der Waals surface area contributed by atoms with Gasteiger partial charge in [0.1, 0.15) is 12.6 Å². The first-order valence-electron chi connectivity index (χ1n) is 17.0. The van der Waals surface area contributed by atoms with Gasteiger partial charge in [0.05, 0.1) is 0 Å². The van der Waals surface area contributed by atoms with E-state index in [-0.39, 0.29) is 24.5 Å². The number of amides is 1. The van der Waals surface area contributed by atoms with Crippen LogP contribution >= 0.6 is 0 Å². The molecule has 0 spiro atoms. The molecule has 0 rings (SSSR count). The summed E-state index contributed by atoms with van der Waals surface area (Å²) in [5.74, 6) is -1.28. The van der Waals surface area contributed by atoms with Gasteiger partial charge in [-0.3, -0.25) is 14.4 Å². The van der Waals surface area contributed by atoms with Crippen molar-refractivity contribution in [1.29, 1.82) is 0 Å². The van der Waals surface area contributed by atoms with Crippen molar-refractivity contribution in [2.45, 2.75) is 174 Å². The molecule has 2 N–H and O–H groups in total. The van der Waals surface area contributed by atoms with Crippen molar-refractivity contribution in [1.82, 2.24) is 5.32 Å². The Morgan fingerprint density at radius 2 is 1.15 bits per heavy atom. The molecule has 0 aromatic carbocycles. The predicted molar refractivity (Wildman–Crippen MR) is 171 cm³/mol.